The van der Waals surface area contributed by atoms with E-state index in [4.69, 9.17) is 14.2 Å². The highest BCUT2D eigenvalue weighted by Gasteiger charge is 2.19. The summed E-state index contributed by atoms with van der Waals surface area (Å²) in [6, 6.07) is 0. The first-order chi connectivity index (χ1) is 37.0. The summed E-state index contributed by atoms with van der Waals surface area (Å²) in [5, 5.41) is 0. The standard InChI is InChI=1S/C69H114O6/c1-4-7-10-13-16-19-22-25-27-28-29-30-31-32-33-34-35-36-37-38-39-40-42-44-47-50-53-56-59-62-68(71)74-65-66(64-73-67(70)61-58-55-52-49-46-43-24-21-18-15-12-9-6-3)75-69(72)63-60-57-54-51-48-45-41-26-23-20-17-14-11-8-5-2/h8,11-12,15,17,20-22,24-26,28-29,31-32,41,48,51,57,60,66H,4-7,9-10,13-14,16,18-19,23,27,30,33-40,42-47,49-50,52-56,58-59,61-65H2,1-3H3/b11-8-,15-12-,20-17-,24-21-,25-22-,29-28-,32-31-,41-26-,51-48-,60-57-. The fourth-order valence-electron chi connectivity index (χ4n) is 8.33. The fourth-order valence-corrected chi connectivity index (χ4v) is 8.33. The Morgan fingerprint density at radius 3 is 0.933 bits per heavy atom. The zero-order valence-corrected chi connectivity index (χ0v) is 48.8. The highest BCUT2D eigenvalue weighted by molar-refractivity contribution is 5.72. The first-order valence-corrected chi connectivity index (χ1v) is 31.0. The molecule has 0 aromatic rings. The zero-order valence-electron chi connectivity index (χ0n) is 48.8. The van der Waals surface area contributed by atoms with Crippen LogP contribution in [0.1, 0.15) is 278 Å². The molecule has 0 heterocycles. The van der Waals surface area contributed by atoms with E-state index >= 15 is 0 Å². The van der Waals surface area contributed by atoms with Crippen molar-refractivity contribution >= 4 is 17.9 Å². The molecule has 0 N–H and O–H groups in total. The second kappa shape index (κ2) is 62.4. The van der Waals surface area contributed by atoms with Crippen LogP contribution in [-0.2, 0) is 28.6 Å². The SMILES string of the molecule is CC/C=C\C/C=C\C/C=C\C/C=C\C/C=C\CC(=O)OC(COC(=O)CCCCCCC/C=C\C/C=C\CCC)COC(=O)CCCCCCCCCCCCCCCC/C=C\C/C=C\C/C=C\CCCCCCC. The molecule has 0 bridgehead atoms. The van der Waals surface area contributed by atoms with Crippen LogP contribution in [0.3, 0.4) is 0 Å². The summed E-state index contributed by atoms with van der Waals surface area (Å²) < 4.78 is 16.7. The summed E-state index contributed by atoms with van der Waals surface area (Å²) in [5.74, 6) is -1.07. The molecule has 426 valence electrons. The predicted molar refractivity (Wildman–Crippen MR) is 325 cm³/mol. The molecule has 0 aromatic heterocycles. The number of unbranched alkanes of at least 4 members (excludes halogenated alkanes) is 25. The summed E-state index contributed by atoms with van der Waals surface area (Å²) >= 11 is 0. The fraction of sp³-hybridized carbons (Fsp3) is 0.667. The first kappa shape index (κ1) is 70.8. The number of rotatable bonds is 55. The molecule has 75 heavy (non-hydrogen) atoms. The number of allylic oxidation sites excluding steroid dienone is 19. The lowest BCUT2D eigenvalue weighted by Crippen LogP contribution is -2.30. The maximum absolute atomic E-state index is 12.8. The van der Waals surface area contributed by atoms with E-state index in [9.17, 15) is 14.4 Å². The number of carbonyl (C=O) groups excluding carboxylic acids is 3. The van der Waals surface area contributed by atoms with Crippen molar-refractivity contribution < 1.29 is 28.6 Å². The maximum atomic E-state index is 12.8. The third-order valence-electron chi connectivity index (χ3n) is 12.9. The van der Waals surface area contributed by atoms with Crippen molar-refractivity contribution in [3.05, 3.63) is 122 Å². The van der Waals surface area contributed by atoms with Crippen LogP contribution in [0.15, 0.2) is 122 Å². The van der Waals surface area contributed by atoms with Gasteiger partial charge in [0.2, 0.25) is 0 Å². The minimum absolute atomic E-state index is 0.0905. The highest BCUT2D eigenvalue weighted by Crippen LogP contribution is 2.15. The molecule has 6 heteroatoms. The molecule has 0 saturated heterocycles. The Morgan fingerprint density at radius 1 is 0.293 bits per heavy atom. The van der Waals surface area contributed by atoms with Crippen molar-refractivity contribution in [2.75, 3.05) is 13.2 Å². The van der Waals surface area contributed by atoms with E-state index in [-0.39, 0.29) is 31.6 Å². The van der Waals surface area contributed by atoms with Gasteiger partial charge in [-0.15, -0.1) is 0 Å². The van der Waals surface area contributed by atoms with Crippen LogP contribution in [0.25, 0.3) is 0 Å². The molecule has 0 fully saturated rings. The molecule has 0 spiro atoms. The van der Waals surface area contributed by atoms with Crippen molar-refractivity contribution in [2.24, 2.45) is 0 Å². The summed E-state index contributed by atoms with van der Waals surface area (Å²) in [4.78, 5) is 38.1. The van der Waals surface area contributed by atoms with Gasteiger partial charge in [0, 0.05) is 12.8 Å². The number of carbonyl (C=O) groups is 3. The smallest absolute Gasteiger partial charge is 0.310 e. The third kappa shape index (κ3) is 60.6. The average Bonchev–Trinajstić information content (AvgIpc) is 3.41. The van der Waals surface area contributed by atoms with E-state index < -0.39 is 12.1 Å². The third-order valence-corrected chi connectivity index (χ3v) is 12.9. The van der Waals surface area contributed by atoms with Crippen molar-refractivity contribution in [3.63, 3.8) is 0 Å². The summed E-state index contributed by atoms with van der Waals surface area (Å²) in [7, 11) is 0. The molecule has 0 aromatic carbocycles. The molecule has 1 atom stereocenters. The maximum Gasteiger partial charge on any atom is 0.310 e. The van der Waals surface area contributed by atoms with E-state index in [1.165, 1.54) is 122 Å². The van der Waals surface area contributed by atoms with Crippen molar-refractivity contribution in [3.8, 4) is 0 Å². The second-order valence-corrected chi connectivity index (χ2v) is 20.2. The van der Waals surface area contributed by atoms with E-state index in [1.807, 2.05) is 6.08 Å². The molecule has 6 nitrogen and oxygen atoms in total. The molecule has 0 amide bonds. The van der Waals surface area contributed by atoms with Gasteiger partial charge >= 0.3 is 17.9 Å². The van der Waals surface area contributed by atoms with Gasteiger partial charge in [0.05, 0.1) is 6.42 Å². The van der Waals surface area contributed by atoms with Gasteiger partial charge in [-0.1, -0.05) is 271 Å². The average molecular weight is 1040 g/mol. The van der Waals surface area contributed by atoms with Crippen LogP contribution in [0, 0.1) is 0 Å². The highest BCUT2D eigenvalue weighted by atomic mass is 16.6. The molecule has 0 aliphatic heterocycles. The van der Waals surface area contributed by atoms with E-state index in [0.717, 1.165) is 109 Å². The Morgan fingerprint density at radius 2 is 0.587 bits per heavy atom. The van der Waals surface area contributed by atoms with E-state index in [0.29, 0.717) is 19.3 Å². The van der Waals surface area contributed by atoms with Crippen LogP contribution in [0.2, 0.25) is 0 Å². The topological polar surface area (TPSA) is 78.9 Å². The summed E-state index contributed by atoms with van der Waals surface area (Å²) in [5.41, 5.74) is 0. The molecule has 0 aliphatic rings. The molecule has 0 saturated carbocycles. The quantitative estimate of drug-likeness (QED) is 0.0261. The number of ether oxygens (including phenoxy) is 3. The Kier molecular flexibility index (Phi) is 58.9. The van der Waals surface area contributed by atoms with Crippen molar-refractivity contribution in [1.82, 2.24) is 0 Å². The van der Waals surface area contributed by atoms with Gasteiger partial charge in [-0.05, 0) is 109 Å². The number of esters is 3. The van der Waals surface area contributed by atoms with Gasteiger partial charge in [-0.3, -0.25) is 14.4 Å². The first-order valence-electron chi connectivity index (χ1n) is 31.0. The van der Waals surface area contributed by atoms with Crippen LogP contribution < -0.4 is 0 Å². The zero-order chi connectivity index (χ0) is 54.3. The van der Waals surface area contributed by atoms with Gasteiger partial charge in [0.15, 0.2) is 6.10 Å². The van der Waals surface area contributed by atoms with Crippen LogP contribution in [0.4, 0.5) is 0 Å². The minimum atomic E-state index is -0.841. The van der Waals surface area contributed by atoms with Gasteiger partial charge in [0.1, 0.15) is 13.2 Å². The minimum Gasteiger partial charge on any atom is -0.462 e. The van der Waals surface area contributed by atoms with Gasteiger partial charge in [-0.25, -0.2) is 0 Å². The van der Waals surface area contributed by atoms with Crippen molar-refractivity contribution in [1.29, 1.82) is 0 Å². The molecule has 1 unspecified atom stereocenters. The van der Waals surface area contributed by atoms with Gasteiger partial charge < -0.3 is 14.2 Å². The molecule has 0 radical (unpaired) electrons. The second-order valence-electron chi connectivity index (χ2n) is 20.2. The lowest BCUT2D eigenvalue weighted by Gasteiger charge is -2.18. The summed E-state index contributed by atoms with van der Waals surface area (Å²) in [6.07, 6.45) is 86.7. The lowest BCUT2D eigenvalue weighted by atomic mass is 10.0. The predicted octanol–water partition coefficient (Wildman–Crippen LogP) is 21.2. The van der Waals surface area contributed by atoms with E-state index in [1.54, 1.807) is 6.08 Å². The van der Waals surface area contributed by atoms with Crippen molar-refractivity contribution in [2.45, 2.75) is 284 Å². The monoisotopic (exact) mass is 1040 g/mol. The molecule has 0 aliphatic carbocycles. The number of hydrogen-bond acceptors (Lipinski definition) is 6. The van der Waals surface area contributed by atoms with E-state index in [2.05, 4.69) is 130 Å². The normalized spacial score (nSPS) is 12.9. The molecular formula is C69H114O6. The van der Waals surface area contributed by atoms with Crippen LogP contribution >= 0.6 is 0 Å². The Labute approximate surface area is 462 Å². The summed E-state index contributed by atoms with van der Waals surface area (Å²) in [6.45, 7) is 6.36. The Bertz CT molecular complexity index is 1570. The van der Waals surface area contributed by atoms with Crippen LogP contribution in [-0.4, -0.2) is 37.2 Å². The molecule has 0 rings (SSSR count). The Hall–Kier alpha value is -4.19. The van der Waals surface area contributed by atoms with Gasteiger partial charge in [0.25, 0.3) is 0 Å². The molecular weight excluding hydrogens is 925 g/mol. The Balaban J connectivity index is 4.31. The number of hydrogen-bond donors (Lipinski definition) is 0. The van der Waals surface area contributed by atoms with Gasteiger partial charge in [-0.2, -0.15) is 0 Å². The lowest BCUT2D eigenvalue weighted by molar-refractivity contribution is -0.166. The largest absolute Gasteiger partial charge is 0.462 e. The van der Waals surface area contributed by atoms with Crippen LogP contribution in [0.5, 0.6) is 0 Å².